The molecule has 33 heavy (non-hydrogen) atoms. The molecule has 1 unspecified atom stereocenters. The molecule has 1 aliphatic rings. The van der Waals surface area contributed by atoms with Crippen molar-refractivity contribution >= 4 is 39.8 Å². The zero-order valence-electron chi connectivity index (χ0n) is 18.5. The number of amides is 3. The van der Waals surface area contributed by atoms with Gasteiger partial charge in [-0.15, -0.1) is 11.3 Å². The summed E-state index contributed by atoms with van der Waals surface area (Å²) in [6, 6.07) is 14.6. The zero-order valence-corrected chi connectivity index (χ0v) is 19.3. The molecule has 0 radical (unpaired) electrons. The topological polar surface area (TPSA) is 84.3 Å². The summed E-state index contributed by atoms with van der Waals surface area (Å²) in [4.78, 5) is 44.9. The quantitative estimate of drug-likeness (QED) is 0.356. The van der Waals surface area contributed by atoms with Gasteiger partial charge in [-0.1, -0.05) is 42.5 Å². The van der Waals surface area contributed by atoms with Crippen LogP contribution >= 0.6 is 11.3 Å². The molecule has 1 aliphatic heterocycles. The number of ketones is 1. The van der Waals surface area contributed by atoms with Gasteiger partial charge < -0.3 is 5.32 Å². The van der Waals surface area contributed by atoms with E-state index >= 15 is 0 Å². The number of hydrogen-bond donors (Lipinski definition) is 1. The maximum Gasteiger partial charge on any atom is 0.325 e. The summed E-state index contributed by atoms with van der Waals surface area (Å²) in [5.41, 5.74) is 1.52. The molecule has 2 aromatic heterocycles. The van der Waals surface area contributed by atoms with Crippen molar-refractivity contribution in [1.29, 1.82) is 0 Å². The van der Waals surface area contributed by atoms with Crippen molar-refractivity contribution < 1.29 is 14.4 Å². The Kier molecular flexibility index (Phi) is 4.90. The van der Waals surface area contributed by atoms with Crippen LogP contribution in [0.5, 0.6) is 0 Å². The summed E-state index contributed by atoms with van der Waals surface area (Å²) < 4.78 is 1.91. The van der Waals surface area contributed by atoms with Crippen molar-refractivity contribution in [3.05, 3.63) is 82.6 Å². The first-order valence-corrected chi connectivity index (χ1v) is 11.4. The van der Waals surface area contributed by atoms with Crippen LogP contribution in [0.3, 0.4) is 0 Å². The van der Waals surface area contributed by atoms with Crippen molar-refractivity contribution in [3.63, 3.8) is 0 Å². The van der Waals surface area contributed by atoms with E-state index in [-0.39, 0.29) is 12.3 Å². The molecule has 3 heterocycles. The molecule has 0 spiro atoms. The van der Waals surface area contributed by atoms with Crippen LogP contribution in [-0.4, -0.2) is 38.7 Å². The molecule has 1 saturated heterocycles. The van der Waals surface area contributed by atoms with Gasteiger partial charge in [0.2, 0.25) is 0 Å². The highest BCUT2D eigenvalue weighted by Gasteiger charge is 2.50. The number of carbonyl (C=O) groups is 3. The monoisotopic (exact) mass is 458 g/mol. The van der Waals surface area contributed by atoms with Crippen LogP contribution in [0.4, 0.5) is 4.79 Å². The number of fused-ring (bicyclic) bond motifs is 1. The van der Waals surface area contributed by atoms with Gasteiger partial charge in [0.25, 0.3) is 5.91 Å². The molecule has 2 aromatic carbocycles. The Morgan fingerprint density at radius 2 is 1.88 bits per heavy atom. The number of benzene rings is 2. The molecular weight excluding hydrogens is 436 g/mol. The number of aromatic nitrogens is 2. The molecule has 0 bridgehead atoms. The third-order valence-corrected chi connectivity index (χ3v) is 7.00. The van der Waals surface area contributed by atoms with Crippen LogP contribution in [-0.2, 0) is 10.3 Å². The Balaban J connectivity index is 1.46. The van der Waals surface area contributed by atoms with Crippen LogP contribution in [0.1, 0.15) is 34.2 Å². The molecule has 4 aromatic rings. The number of nitrogens with zero attached hydrogens (tertiary/aromatic N) is 3. The van der Waals surface area contributed by atoms with Crippen LogP contribution in [0.2, 0.25) is 0 Å². The SMILES string of the molecule is Cc1cc(C(=O)CN2C(=O)NC(C)(c3cccc4ccccc34)C2=O)c(C)n1-c1nccs1. The highest BCUT2D eigenvalue weighted by atomic mass is 32.1. The lowest BCUT2D eigenvalue weighted by atomic mass is 9.88. The summed E-state index contributed by atoms with van der Waals surface area (Å²) in [6.07, 6.45) is 1.71. The van der Waals surface area contributed by atoms with Crippen molar-refractivity contribution in [2.45, 2.75) is 26.3 Å². The summed E-state index contributed by atoms with van der Waals surface area (Å²) in [7, 11) is 0. The number of hydrogen-bond acceptors (Lipinski definition) is 5. The number of carbonyl (C=O) groups excluding carboxylic acids is 3. The van der Waals surface area contributed by atoms with Gasteiger partial charge in [-0.25, -0.2) is 9.78 Å². The van der Waals surface area contributed by atoms with Crippen LogP contribution in [0.25, 0.3) is 15.9 Å². The van der Waals surface area contributed by atoms with E-state index in [1.807, 2.05) is 66.3 Å². The summed E-state index contributed by atoms with van der Waals surface area (Å²) >= 11 is 1.47. The largest absolute Gasteiger partial charge is 0.325 e. The van der Waals surface area contributed by atoms with Gasteiger partial charge in [0.15, 0.2) is 10.9 Å². The number of aryl methyl sites for hydroxylation is 1. The smallest absolute Gasteiger partial charge is 0.319 e. The molecule has 166 valence electrons. The number of rotatable bonds is 5. The first-order chi connectivity index (χ1) is 15.8. The van der Waals surface area contributed by atoms with E-state index in [2.05, 4.69) is 10.3 Å². The van der Waals surface area contributed by atoms with Gasteiger partial charge >= 0.3 is 6.03 Å². The maximum absolute atomic E-state index is 13.5. The van der Waals surface area contributed by atoms with E-state index in [4.69, 9.17) is 0 Å². The van der Waals surface area contributed by atoms with E-state index in [9.17, 15) is 14.4 Å². The van der Waals surface area contributed by atoms with E-state index in [0.29, 0.717) is 11.1 Å². The standard InChI is InChI=1S/C25H22N4O3S/c1-15-13-19(16(2)29(15)24-26-11-12-33-24)21(30)14-28-22(31)25(3,27-23(28)32)20-10-6-8-17-7-4-5-9-18(17)20/h4-13H,14H2,1-3H3,(H,27,32). The van der Waals surface area contributed by atoms with E-state index in [1.165, 1.54) is 11.3 Å². The molecule has 5 rings (SSSR count). The molecule has 0 saturated carbocycles. The molecule has 1 N–H and O–H groups in total. The van der Waals surface area contributed by atoms with Gasteiger partial charge in [-0.2, -0.15) is 0 Å². The highest BCUT2D eigenvalue weighted by Crippen LogP contribution is 2.34. The number of Topliss-reactive ketones (excluding diaryl/α,β-unsaturated/α-hetero) is 1. The second-order valence-electron chi connectivity index (χ2n) is 8.33. The maximum atomic E-state index is 13.5. The first-order valence-electron chi connectivity index (χ1n) is 10.6. The average Bonchev–Trinajstić information content (AvgIpc) is 3.48. The molecular formula is C25H22N4O3S. The van der Waals surface area contributed by atoms with Crippen LogP contribution in [0, 0.1) is 13.8 Å². The summed E-state index contributed by atoms with van der Waals surface area (Å²) in [5, 5.41) is 7.32. The Labute approximate surface area is 194 Å². The third-order valence-electron chi connectivity index (χ3n) is 6.25. The lowest BCUT2D eigenvalue weighted by Gasteiger charge is -2.24. The van der Waals surface area contributed by atoms with Crippen molar-refractivity contribution in [3.8, 4) is 5.13 Å². The lowest BCUT2D eigenvalue weighted by Crippen LogP contribution is -2.41. The van der Waals surface area contributed by atoms with Gasteiger partial charge in [-0.05, 0) is 43.2 Å². The highest BCUT2D eigenvalue weighted by molar-refractivity contribution is 7.12. The molecule has 1 fully saturated rings. The average molecular weight is 459 g/mol. The zero-order chi connectivity index (χ0) is 23.3. The lowest BCUT2D eigenvalue weighted by molar-refractivity contribution is -0.130. The molecule has 3 amide bonds. The summed E-state index contributed by atoms with van der Waals surface area (Å²) in [5.74, 6) is -0.734. The Morgan fingerprint density at radius 3 is 2.64 bits per heavy atom. The van der Waals surface area contributed by atoms with Crippen LogP contribution in [0.15, 0.2) is 60.1 Å². The Morgan fingerprint density at radius 1 is 1.12 bits per heavy atom. The Hall–Kier alpha value is -3.78. The predicted octanol–water partition coefficient (Wildman–Crippen LogP) is 4.35. The van der Waals surface area contributed by atoms with Crippen LogP contribution < -0.4 is 5.32 Å². The van der Waals surface area contributed by atoms with E-state index in [1.54, 1.807) is 19.2 Å². The molecule has 7 nitrogen and oxygen atoms in total. The molecule has 8 heteroatoms. The van der Waals surface area contributed by atoms with Crippen molar-refractivity contribution in [2.75, 3.05) is 6.54 Å². The fraction of sp³-hybridized carbons (Fsp3) is 0.200. The third kappa shape index (κ3) is 3.25. The first kappa shape index (κ1) is 21.1. The second kappa shape index (κ2) is 7.67. The fourth-order valence-corrected chi connectivity index (χ4v) is 5.33. The van der Waals surface area contributed by atoms with Crippen molar-refractivity contribution in [1.82, 2.24) is 19.8 Å². The number of thiazole rings is 1. The minimum atomic E-state index is -1.25. The van der Waals surface area contributed by atoms with E-state index in [0.717, 1.165) is 32.2 Å². The normalized spacial score (nSPS) is 18.2. The van der Waals surface area contributed by atoms with Crippen molar-refractivity contribution in [2.24, 2.45) is 0 Å². The number of imide groups is 1. The minimum absolute atomic E-state index is 0.295. The van der Waals surface area contributed by atoms with Gasteiger partial charge in [0.1, 0.15) is 5.54 Å². The molecule has 1 atom stereocenters. The Bertz CT molecular complexity index is 1420. The number of urea groups is 1. The van der Waals surface area contributed by atoms with E-state index < -0.39 is 17.5 Å². The van der Waals surface area contributed by atoms with Gasteiger partial charge in [-0.3, -0.25) is 19.1 Å². The second-order valence-corrected chi connectivity index (χ2v) is 9.20. The number of nitrogens with one attached hydrogen (secondary N) is 1. The summed E-state index contributed by atoms with van der Waals surface area (Å²) in [6.45, 7) is 5.10. The predicted molar refractivity (Wildman–Crippen MR) is 127 cm³/mol. The molecule has 0 aliphatic carbocycles. The minimum Gasteiger partial charge on any atom is -0.319 e. The van der Waals surface area contributed by atoms with Gasteiger partial charge in [0.05, 0.1) is 6.54 Å². The fourth-order valence-electron chi connectivity index (χ4n) is 4.58. The van der Waals surface area contributed by atoms with Gasteiger partial charge in [0, 0.05) is 28.5 Å².